The summed E-state index contributed by atoms with van der Waals surface area (Å²) in [5.74, 6) is -4.00. The second-order valence-corrected chi connectivity index (χ2v) is 2.33. The van der Waals surface area contributed by atoms with Crippen LogP contribution in [-0.4, -0.2) is 22.2 Å². The van der Waals surface area contributed by atoms with E-state index in [1.54, 1.807) is 13.8 Å². The quantitative estimate of drug-likeness (QED) is 0.492. The molecule has 0 aromatic rings. The fourth-order valence-corrected chi connectivity index (χ4v) is 0.998. The van der Waals surface area contributed by atoms with Crippen LogP contribution in [-0.2, 0) is 9.59 Å². The number of allylic oxidation sites excluding steroid dienone is 1. The molecule has 4 nitrogen and oxygen atoms in total. The van der Waals surface area contributed by atoms with Crippen molar-refractivity contribution in [3.63, 3.8) is 0 Å². The Morgan fingerprint density at radius 1 is 1.33 bits per heavy atom. The molecule has 0 aliphatic carbocycles. The van der Waals surface area contributed by atoms with Crippen LogP contribution in [0, 0.1) is 5.92 Å². The predicted molar refractivity (Wildman–Crippen MR) is 42.8 cm³/mol. The van der Waals surface area contributed by atoms with Gasteiger partial charge in [-0.05, 0) is 18.9 Å². The van der Waals surface area contributed by atoms with Crippen LogP contribution in [0.5, 0.6) is 0 Å². The summed E-state index contributed by atoms with van der Waals surface area (Å²) in [5.41, 5.74) is 0.426. The third-order valence-corrected chi connectivity index (χ3v) is 1.64. The van der Waals surface area contributed by atoms with Gasteiger partial charge in [0.15, 0.2) is 5.92 Å². The van der Waals surface area contributed by atoms with Crippen LogP contribution in [0.15, 0.2) is 11.6 Å². The van der Waals surface area contributed by atoms with Crippen LogP contribution >= 0.6 is 0 Å². The normalized spacial score (nSPS) is 11.8. The van der Waals surface area contributed by atoms with Crippen LogP contribution in [0.2, 0.25) is 0 Å². The maximum atomic E-state index is 10.5. The van der Waals surface area contributed by atoms with Crippen LogP contribution in [0.3, 0.4) is 0 Å². The van der Waals surface area contributed by atoms with Gasteiger partial charge in [0.25, 0.3) is 0 Å². The van der Waals surface area contributed by atoms with Gasteiger partial charge in [0, 0.05) is 0 Å². The molecule has 0 aliphatic heterocycles. The second-order valence-electron chi connectivity index (χ2n) is 2.33. The molecule has 0 aromatic carbocycles. The molecule has 2 N–H and O–H groups in total. The van der Waals surface area contributed by atoms with E-state index in [1.807, 2.05) is 0 Å². The van der Waals surface area contributed by atoms with Gasteiger partial charge in [0.05, 0.1) is 0 Å². The van der Waals surface area contributed by atoms with E-state index >= 15 is 0 Å². The average Bonchev–Trinajstić information content (AvgIpc) is 1.98. The van der Waals surface area contributed by atoms with Crippen molar-refractivity contribution in [2.75, 3.05) is 0 Å². The second kappa shape index (κ2) is 4.54. The van der Waals surface area contributed by atoms with Crippen molar-refractivity contribution in [1.82, 2.24) is 0 Å². The van der Waals surface area contributed by atoms with E-state index in [1.165, 1.54) is 6.08 Å². The van der Waals surface area contributed by atoms with Crippen molar-refractivity contribution in [1.29, 1.82) is 0 Å². The highest BCUT2D eigenvalue weighted by atomic mass is 16.4. The Labute approximate surface area is 70.5 Å². The summed E-state index contributed by atoms with van der Waals surface area (Å²) in [7, 11) is 0. The zero-order valence-corrected chi connectivity index (χ0v) is 7.07. The Kier molecular flexibility index (Phi) is 4.04. The predicted octanol–water partition coefficient (Wildman–Crippen LogP) is 1.13. The van der Waals surface area contributed by atoms with Gasteiger partial charge in [-0.3, -0.25) is 9.59 Å². The maximum absolute atomic E-state index is 10.5. The number of hydrogen-bond acceptors (Lipinski definition) is 2. The molecule has 0 aliphatic rings. The fourth-order valence-electron chi connectivity index (χ4n) is 0.998. The first kappa shape index (κ1) is 10.7. The van der Waals surface area contributed by atoms with Gasteiger partial charge in [-0.1, -0.05) is 13.0 Å². The first-order valence-corrected chi connectivity index (χ1v) is 3.65. The highest BCUT2D eigenvalue weighted by molar-refractivity contribution is 5.96. The first-order valence-electron chi connectivity index (χ1n) is 3.65. The SMILES string of the molecule is C/C=C(/CC)C(C(=O)O)C(=O)O. The Bertz CT molecular complexity index is 203. The summed E-state index contributed by atoms with van der Waals surface area (Å²) < 4.78 is 0. The zero-order valence-electron chi connectivity index (χ0n) is 7.07. The van der Waals surface area contributed by atoms with E-state index in [0.29, 0.717) is 12.0 Å². The first-order chi connectivity index (χ1) is 5.54. The van der Waals surface area contributed by atoms with E-state index in [9.17, 15) is 9.59 Å². The fraction of sp³-hybridized carbons (Fsp3) is 0.500. The van der Waals surface area contributed by atoms with Crippen molar-refractivity contribution >= 4 is 11.9 Å². The summed E-state index contributed by atoms with van der Waals surface area (Å²) >= 11 is 0. The number of rotatable bonds is 4. The maximum Gasteiger partial charge on any atom is 0.322 e. The Hall–Kier alpha value is -1.32. The monoisotopic (exact) mass is 172 g/mol. The minimum absolute atomic E-state index is 0.426. The lowest BCUT2D eigenvalue weighted by Gasteiger charge is -2.09. The van der Waals surface area contributed by atoms with Gasteiger partial charge >= 0.3 is 11.9 Å². The number of aliphatic carboxylic acids is 2. The van der Waals surface area contributed by atoms with Gasteiger partial charge in [-0.2, -0.15) is 0 Å². The Balaban J connectivity index is 4.73. The largest absolute Gasteiger partial charge is 0.480 e. The van der Waals surface area contributed by atoms with Crippen molar-refractivity contribution in [3.8, 4) is 0 Å². The molecule has 0 unspecified atom stereocenters. The lowest BCUT2D eigenvalue weighted by atomic mass is 9.97. The molecular weight excluding hydrogens is 160 g/mol. The third kappa shape index (κ3) is 2.38. The lowest BCUT2D eigenvalue weighted by molar-refractivity contribution is -0.152. The van der Waals surface area contributed by atoms with Gasteiger partial charge in [0.2, 0.25) is 0 Å². The molecule has 0 spiro atoms. The van der Waals surface area contributed by atoms with Gasteiger partial charge < -0.3 is 10.2 Å². The van der Waals surface area contributed by atoms with E-state index < -0.39 is 17.9 Å². The molecule has 12 heavy (non-hydrogen) atoms. The number of carboxylic acids is 2. The molecule has 0 atom stereocenters. The van der Waals surface area contributed by atoms with Crippen molar-refractivity contribution in [2.45, 2.75) is 20.3 Å². The summed E-state index contributed by atoms with van der Waals surface area (Å²) in [4.78, 5) is 21.0. The molecule has 0 heterocycles. The highest BCUT2D eigenvalue weighted by Crippen LogP contribution is 2.15. The average molecular weight is 172 g/mol. The molecule has 0 aromatic heterocycles. The van der Waals surface area contributed by atoms with E-state index in [0.717, 1.165) is 0 Å². The Morgan fingerprint density at radius 2 is 1.75 bits per heavy atom. The van der Waals surface area contributed by atoms with Crippen LogP contribution in [0.1, 0.15) is 20.3 Å². The van der Waals surface area contributed by atoms with Gasteiger partial charge in [0.1, 0.15) is 0 Å². The third-order valence-electron chi connectivity index (χ3n) is 1.64. The molecule has 0 rings (SSSR count). The van der Waals surface area contributed by atoms with Crippen LogP contribution < -0.4 is 0 Å². The standard InChI is InChI=1S/C8H12O4/c1-3-5(4-2)6(7(9)10)8(11)12/h3,6H,4H2,1-2H3,(H,9,10)(H,11,12)/b5-3-. The summed E-state index contributed by atoms with van der Waals surface area (Å²) in [6, 6.07) is 0. The van der Waals surface area contributed by atoms with Crippen molar-refractivity contribution < 1.29 is 19.8 Å². The molecule has 4 heteroatoms. The van der Waals surface area contributed by atoms with Gasteiger partial charge in [-0.15, -0.1) is 0 Å². The molecule has 68 valence electrons. The summed E-state index contributed by atoms with van der Waals surface area (Å²) in [6.07, 6.45) is 1.98. The summed E-state index contributed by atoms with van der Waals surface area (Å²) in [6.45, 7) is 3.37. The topological polar surface area (TPSA) is 74.6 Å². The minimum Gasteiger partial charge on any atom is -0.480 e. The number of carbonyl (C=O) groups is 2. The Morgan fingerprint density at radius 3 is 1.83 bits per heavy atom. The number of carboxylic acid groups (broad SMARTS) is 2. The van der Waals surface area contributed by atoms with E-state index in [2.05, 4.69) is 0 Å². The lowest BCUT2D eigenvalue weighted by Crippen LogP contribution is -2.25. The minimum atomic E-state index is -1.39. The summed E-state index contributed by atoms with van der Waals surface area (Å²) in [5, 5.41) is 17.1. The van der Waals surface area contributed by atoms with E-state index in [-0.39, 0.29) is 0 Å². The molecule has 0 bridgehead atoms. The number of hydrogen-bond donors (Lipinski definition) is 2. The van der Waals surface area contributed by atoms with E-state index in [4.69, 9.17) is 10.2 Å². The van der Waals surface area contributed by atoms with Crippen molar-refractivity contribution in [2.24, 2.45) is 5.92 Å². The smallest absolute Gasteiger partial charge is 0.322 e. The van der Waals surface area contributed by atoms with Gasteiger partial charge in [-0.25, -0.2) is 0 Å². The van der Waals surface area contributed by atoms with Crippen LogP contribution in [0.25, 0.3) is 0 Å². The molecular formula is C8H12O4. The molecule has 0 saturated carbocycles. The van der Waals surface area contributed by atoms with Crippen LogP contribution in [0.4, 0.5) is 0 Å². The molecule has 0 amide bonds. The molecule has 0 saturated heterocycles. The van der Waals surface area contributed by atoms with Crippen molar-refractivity contribution in [3.05, 3.63) is 11.6 Å². The molecule has 0 radical (unpaired) electrons. The highest BCUT2D eigenvalue weighted by Gasteiger charge is 2.28. The zero-order chi connectivity index (χ0) is 9.72. The molecule has 0 fully saturated rings.